The molecule has 23 heavy (non-hydrogen) atoms. The summed E-state index contributed by atoms with van der Waals surface area (Å²) in [7, 11) is 3.16. The molecule has 0 radical (unpaired) electrons. The molecule has 2 rings (SSSR count). The zero-order chi connectivity index (χ0) is 16.5. The first-order chi connectivity index (χ1) is 11.2. The molecule has 2 aromatic heterocycles. The van der Waals surface area contributed by atoms with Crippen LogP contribution in [0.25, 0.3) is 0 Å². The van der Waals surface area contributed by atoms with Gasteiger partial charge in [0.2, 0.25) is 11.8 Å². The lowest BCUT2D eigenvalue weighted by Crippen LogP contribution is -2.31. The molecule has 0 atom stereocenters. The number of nitrogens with one attached hydrogen (secondary N) is 2. The molecule has 2 N–H and O–H groups in total. The van der Waals surface area contributed by atoms with Gasteiger partial charge in [0.05, 0.1) is 13.7 Å². The SMILES string of the molecule is COCCNC(=S)Nc1nc(OC)cc(Sc2ncccn2)n1. The molecule has 0 saturated carbocycles. The van der Waals surface area contributed by atoms with E-state index in [0.29, 0.717) is 40.3 Å². The number of hydrogen-bond donors (Lipinski definition) is 2. The van der Waals surface area contributed by atoms with E-state index in [0.717, 1.165) is 0 Å². The second-order valence-corrected chi connectivity index (χ2v) is 5.48. The Morgan fingerprint density at radius 1 is 1.26 bits per heavy atom. The second kappa shape index (κ2) is 9.18. The highest BCUT2D eigenvalue weighted by atomic mass is 32.2. The minimum atomic E-state index is 0.331. The van der Waals surface area contributed by atoms with Crippen LogP contribution in [0, 0.1) is 0 Å². The fourth-order valence-electron chi connectivity index (χ4n) is 1.46. The Morgan fingerprint density at radius 3 is 2.74 bits per heavy atom. The summed E-state index contributed by atoms with van der Waals surface area (Å²) in [4.78, 5) is 16.9. The van der Waals surface area contributed by atoms with E-state index in [9.17, 15) is 0 Å². The maximum absolute atomic E-state index is 5.18. The van der Waals surface area contributed by atoms with Crippen LogP contribution in [0.5, 0.6) is 5.88 Å². The van der Waals surface area contributed by atoms with Crippen LogP contribution in [0.4, 0.5) is 5.95 Å². The van der Waals surface area contributed by atoms with Gasteiger partial charge in [-0.1, -0.05) is 0 Å². The summed E-state index contributed by atoms with van der Waals surface area (Å²) in [6, 6.07) is 3.45. The molecule has 0 spiro atoms. The van der Waals surface area contributed by atoms with Gasteiger partial charge in [-0.25, -0.2) is 15.0 Å². The Morgan fingerprint density at radius 2 is 2.04 bits per heavy atom. The lowest BCUT2D eigenvalue weighted by molar-refractivity contribution is 0.204. The Labute approximate surface area is 143 Å². The maximum atomic E-state index is 5.18. The molecule has 0 bridgehead atoms. The summed E-state index contributed by atoms with van der Waals surface area (Å²) < 4.78 is 10.1. The molecule has 2 aromatic rings. The van der Waals surface area contributed by atoms with Crippen LogP contribution >= 0.6 is 24.0 Å². The van der Waals surface area contributed by atoms with E-state index in [1.165, 1.54) is 18.9 Å². The molecule has 0 saturated heterocycles. The Bertz CT molecular complexity index is 644. The molecular weight excluding hydrogens is 336 g/mol. The van der Waals surface area contributed by atoms with Gasteiger partial charge in [0, 0.05) is 32.1 Å². The Kier molecular flexibility index (Phi) is 6.91. The van der Waals surface area contributed by atoms with E-state index in [1.807, 2.05) is 0 Å². The van der Waals surface area contributed by atoms with Crippen LogP contribution in [-0.4, -0.2) is 52.4 Å². The number of hydrogen-bond acceptors (Lipinski definition) is 8. The first kappa shape index (κ1) is 17.3. The third kappa shape index (κ3) is 5.93. The van der Waals surface area contributed by atoms with Crippen LogP contribution in [0.3, 0.4) is 0 Å². The number of methoxy groups -OCH3 is 2. The quantitative estimate of drug-likeness (QED) is 0.329. The van der Waals surface area contributed by atoms with Crippen molar-refractivity contribution in [3.63, 3.8) is 0 Å². The number of anilines is 1. The Hall–Kier alpha value is -2.04. The van der Waals surface area contributed by atoms with E-state index in [4.69, 9.17) is 21.7 Å². The van der Waals surface area contributed by atoms with E-state index >= 15 is 0 Å². The van der Waals surface area contributed by atoms with Gasteiger partial charge in [-0.2, -0.15) is 4.98 Å². The smallest absolute Gasteiger partial charge is 0.233 e. The number of rotatable bonds is 7. The number of nitrogens with zero attached hydrogens (tertiary/aromatic N) is 4. The highest BCUT2D eigenvalue weighted by Crippen LogP contribution is 2.25. The lowest BCUT2D eigenvalue weighted by atomic mass is 10.6. The van der Waals surface area contributed by atoms with Crippen molar-refractivity contribution in [1.82, 2.24) is 25.3 Å². The summed E-state index contributed by atoms with van der Waals surface area (Å²) in [6.45, 7) is 1.14. The van der Waals surface area contributed by atoms with E-state index in [-0.39, 0.29) is 0 Å². The van der Waals surface area contributed by atoms with Crippen LogP contribution in [0.15, 0.2) is 34.7 Å². The third-order valence-corrected chi connectivity index (χ3v) is 3.50. The van der Waals surface area contributed by atoms with Crippen molar-refractivity contribution in [2.24, 2.45) is 0 Å². The van der Waals surface area contributed by atoms with Gasteiger partial charge in [0.15, 0.2) is 10.3 Å². The molecule has 8 nitrogen and oxygen atoms in total. The molecule has 0 unspecified atom stereocenters. The highest BCUT2D eigenvalue weighted by molar-refractivity contribution is 7.99. The molecular formula is C13H16N6O2S2. The Balaban J connectivity index is 2.07. The van der Waals surface area contributed by atoms with Crippen molar-refractivity contribution < 1.29 is 9.47 Å². The average molecular weight is 352 g/mol. The molecule has 2 heterocycles. The van der Waals surface area contributed by atoms with Crippen LogP contribution in [-0.2, 0) is 4.74 Å². The highest BCUT2D eigenvalue weighted by Gasteiger charge is 2.09. The van der Waals surface area contributed by atoms with E-state index in [1.54, 1.807) is 31.6 Å². The lowest BCUT2D eigenvalue weighted by Gasteiger charge is -2.10. The van der Waals surface area contributed by atoms with Gasteiger partial charge in [0.1, 0.15) is 5.03 Å². The van der Waals surface area contributed by atoms with E-state index < -0.39 is 0 Å². The summed E-state index contributed by atoms with van der Waals surface area (Å²) in [5, 5.41) is 7.52. The minimum absolute atomic E-state index is 0.331. The number of thiocarbonyl (C=S) groups is 1. The monoisotopic (exact) mass is 352 g/mol. The topological polar surface area (TPSA) is 94.1 Å². The van der Waals surface area contributed by atoms with Crippen molar-refractivity contribution >= 4 is 35.0 Å². The molecule has 0 fully saturated rings. The number of ether oxygens (including phenoxy) is 2. The second-order valence-electron chi connectivity index (χ2n) is 4.08. The first-order valence-corrected chi connectivity index (χ1v) is 7.85. The minimum Gasteiger partial charge on any atom is -0.481 e. The van der Waals surface area contributed by atoms with Crippen molar-refractivity contribution in [2.45, 2.75) is 10.2 Å². The maximum Gasteiger partial charge on any atom is 0.233 e. The van der Waals surface area contributed by atoms with Crippen molar-refractivity contribution in [3.05, 3.63) is 24.5 Å². The van der Waals surface area contributed by atoms with Crippen LogP contribution in [0.2, 0.25) is 0 Å². The molecule has 0 aliphatic rings. The zero-order valence-corrected chi connectivity index (χ0v) is 14.3. The van der Waals surface area contributed by atoms with Gasteiger partial charge in [-0.05, 0) is 30.0 Å². The summed E-state index contributed by atoms with van der Waals surface area (Å²) in [5.74, 6) is 0.748. The van der Waals surface area contributed by atoms with Crippen LogP contribution < -0.4 is 15.4 Å². The summed E-state index contributed by atoms with van der Waals surface area (Å²) in [6.07, 6.45) is 3.34. The molecule has 0 aliphatic carbocycles. The van der Waals surface area contributed by atoms with Crippen molar-refractivity contribution in [1.29, 1.82) is 0 Å². The van der Waals surface area contributed by atoms with Gasteiger partial charge < -0.3 is 20.1 Å². The molecule has 0 aliphatic heterocycles. The molecule has 0 aromatic carbocycles. The predicted molar refractivity (Wildman–Crippen MR) is 90.8 cm³/mol. The summed E-state index contributed by atoms with van der Waals surface area (Å²) >= 11 is 6.47. The first-order valence-electron chi connectivity index (χ1n) is 6.63. The largest absolute Gasteiger partial charge is 0.481 e. The molecule has 0 amide bonds. The summed E-state index contributed by atoms with van der Waals surface area (Å²) in [5.41, 5.74) is 0. The standard InChI is InChI=1S/C13H16N6O2S2/c1-20-7-6-14-12(22)19-11-17-9(21-2)8-10(18-11)23-13-15-4-3-5-16-13/h3-5,8H,6-7H2,1-2H3,(H2,14,17,18,19,22). The predicted octanol–water partition coefficient (Wildman–Crippen LogP) is 1.36. The van der Waals surface area contributed by atoms with Crippen LogP contribution in [0.1, 0.15) is 0 Å². The normalized spacial score (nSPS) is 10.2. The van der Waals surface area contributed by atoms with Gasteiger partial charge in [-0.3, -0.25) is 0 Å². The van der Waals surface area contributed by atoms with Gasteiger partial charge >= 0.3 is 0 Å². The number of aromatic nitrogens is 4. The van der Waals surface area contributed by atoms with Gasteiger partial charge in [-0.15, -0.1) is 0 Å². The van der Waals surface area contributed by atoms with E-state index in [2.05, 4.69) is 30.6 Å². The van der Waals surface area contributed by atoms with Gasteiger partial charge in [0.25, 0.3) is 0 Å². The third-order valence-electron chi connectivity index (χ3n) is 2.44. The fraction of sp³-hybridized carbons (Fsp3) is 0.308. The zero-order valence-electron chi connectivity index (χ0n) is 12.6. The average Bonchev–Trinajstić information content (AvgIpc) is 2.55. The molecule has 122 valence electrons. The fourth-order valence-corrected chi connectivity index (χ4v) is 2.36. The van der Waals surface area contributed by atoms with Crippen molar-refractivity contribution in [3.8, 4) is 5.88 Å². The van der Waals surface area contributed by atoms with Crippen molar-refractivity contribution in [2.75, 3.05) is 32.7 Å². The molecule has 10 heteroatoms.